The Kier molecular flexibility index (Phi) is 3.66. The maximum atomic E-state index is 12.8. The van der Waals surface area contributed by atoms with E-state index in [0.29, 0.717) is 12.0 Å². The summed E-state index contributed by atoms with van der Waals surface area (Å²) < 4.78 is 12.8. The minimum Gasteiger partial charge on any atom is -0.505 e. The number of carboxylic acids is 1. The number of benzene rings is 1. The highest BCUT2D eigenvalue weighted by Gasteiger charge is 2.14. The SMILES string of the molecule is CCC(CC(=O)O)c1ccc(F)c(O)c1. The van der Waals surface area contributed by atoms with E-state index in [1.807, 2.05) is 6.92 Å². The number of phenols is 1. The summed E-state index contributed by atoms with van der Waals surface area (Å²) in [5.41, 5.74) is 0.652. The van der Waals surface area contributed by atoms with Gasteiger partial charge in [0.15, 0.2) is 11.6 Å². The van der Waals surface area contributed by atoms with Gasteiger partial charge < -0.3 is 10.2 Å². The minimum atomic E-state index is -0.898. The van der Waals surface area contributed by atoms with Crippen molar-refractivity contribution in [2.45, 2.75) is 25.7 Å². The van der Waals surface area contributed by atoms with Crippen molar-refractivity contribution in [3.8, 4) is 5.75 Å². The van der Waals surface area contributed by atoms with Gasteiger partial charge in [-0.15, -0.1) is 0 Å². The summed E-state index contributed by atoms with van der Waals surface area (Å²) in [6, 6.07) is 3.94. The van der Waals surface area contributed by atoms with Gasteiger partial charge in [0.05, 0.1) is 6.42 Å². The normalized spacial score (nSPS) is 12.4. The molecule has 1 atom stereocenters. The Bertz CT molecular complexity index is 363. The van der Waals surface area contributed by atoms with Gasteiger partial charge in [0.25, 0.3) is 0 Å². The van der Waals surface area contributed by atoms with Gasteiger partial charge in [0.2, 0.25) is 0 Å². The van der Waals surface area contributed by atoms with E-state index in [1.54, 1.807) is 0 Å². The van der Waals surface area contributed by atoms with Crippen LogP contribution in [-0.4, -0.2) is 16.2 Å². The molecule has 0 saturated heterocycles. The largest absolute Gasteiger partial charge is 0.505 e. The lowest BCUT2D eigenvalue weighted by atomic mass is 9.93. The fourth-order valence-corrected chi connectivity index (χ4v) is 1.49. The van der Waals surface area contributed by atoms with Crippen LogP contribution in [0.5, 0.6) is 5.75 Å². The number of hydrogen-bond donors (Lipinski definition) is 2. The number of carbonyl (C=O) groups is 1. The second-order valence-electron chi connectivity index (χ2n) is 3.41. The van der Waals surface area contributed by atoms with Crippen LogP contribution in [0.15, 0.2) is 18.2 Å². The van der Waals surface area contributed by atoms with Crippen LogP contribution >= 0.6 is 0 Å². The topological polar surface area (TPSA) is 57.5 Å². The third kappa shape index (κ3) is 2.94. The smallest absolute Gasteiger partial charge is 0.303 e. The lowest BCUT2D eigenvalue weighted by Gasteiger charge is -2.13. The molecule has 0 aliphatic heterocycles. The molecule has 0 aliphatic rings. The van der Waals surface area contributed by atoms with Crippen LogP contribution in [-0.2, 0) is 4.79 Å². The van der Waals surface area contributed by atoms with Crippen molar-refractivity contribution >= 4 is 5.97 Å². The summed E-state index contributed by atoms with van der Waals surface area (Å²) in [4.78, 5) is 10.6. The van der Waals surface area contributed by atoms with Crippen LogP contribution in [0.2, 0.25) is 0 Å². The van der Waals surface area contributed by atoms with E-state index in [4.69, 9.17) is 10.2 Å². The highest BCUT2D eigenvalue weighted by Crippen LogP contribution is 2.27. The Morgan fingerprint density at radius 2 is 2.20 bits per heavy atom. The molecule has 1 aromatic rings. The van der Waals surface area contributed by atoms with Crippen molar-refractivity contribution in [3.05, 3.63) is 29.6 Å². The van der Waals surface area contributed by atoms with Gasteiger partial charge in [-0.05, 0) is 30.0 Å². The number of halogens is 1. The molecule has 0 heterocycles. The van der Waals surface area contributed by atoms with E-state index in [0.717, 1.165) is 6.07 Å². The molecule has 82 valence electrons. The number of aromatic hydroxyl groups is 1. The van der Waals surface area contributed by atoms with Crippen LogP contribution in [0.4, 0.5) is 4.39 Å². The number of phenolic OH excluding ortho intramolecular Hbond substituents is 1. The molecular weight excluding hydrogens is 199 g/mol. The van der Waals surface area contributed by atoms with E-state index in [-0.39, 0.29) is 12.3 Å². The first kappa shape index (κ1) is 11.5. The first-order chi connectivity index (χ1) is 7.04. The van der Waals surface area contributed by atoms with Gasteiger partial charge in [-0.25, -0.2) is 4.39 Å². The Morgan fingerprint density at radius 1 is 1.53 bits per heavy atom. The molecule has 4 heteroatoms. The van der Waals surface area contributed by atoms with Gasteiger partial charge in [-0.2, -0.15) is 0 Å². The molecule has 0 saturated carbocycles. The third-order valence-corrected chi connectivity index (χ3v) is 2.36. The Balaban J connectivity index is 2.92. The summed E-state index contributed by atoms with van der Waals surface area (Å²) >= 11 is 0. The van der Waals surface area contributed by atoms with Crippen LogP contribution in [0, 0.1) is 5.82 Å². The second-order valence-corrected chi connectivity index (χ2v) is 3.41. The van der Waals surface area contributed by atoms with E-state index in [1.165, 1.54) is 12.1 Å². The third-order valence-electron chi connectivity index (χ3n) is 2.36. The van der Waals surface area contributed by atoms with Crippen LogP contribution in [0.3, 0.4) is 0 Å². The average molecular weight is 212 g/mol. The van der Waals surface area contributed by atoms with Crippen LogP contribution in [0.1, 0.15) is 31.2 Å². The standard InChI is InChI=1S/C11H13FO3/c1-2-7(6-11(14)15)8-3-4-9(12)10(13)5-8/h3-5,7,13H,2,6H2,1H3,(H,14,15). The quantitative estimate of drug-likeness (QED) is 0.806. The van der Waals surface area contributed by atoms with Crippen molar-refractivity contribution in [1.29, 1.82) is 0 Å². The van der Waals surface area contributed by atoms with Gasteiger partial charge in [-0.1, -0.05) is 13.0 Å². The monoisotopic (exact) mass is 212 g/mol. The molecule has 0 aromatic heterocycles. The highest BCUT2D eigenvalue weighted by molar-refractivity contribution is 5.68. The summed E-state index contributed by atoms with van der Waals surface area (Å²) in [5.74, 6) is -2.21. The second kappa shape index (κ2) is 4.77. The van der Waals surface area contributed by atoms with Crippen molar-refractivity contribution in [1.82, 2.24) is 0 Å². The van der Waals surface area contributed by atoms with Gasteiger partial charge in [-0.3, -0.25) is 4.79 Å². The molecule has 2 N–H and O–H groups in total. The first-order valence-corrected chi connectivity index (χ1v) is 4.74. The Morgan fingerprint density at radius 3 is 2.67 bits per heavy atom. The van der Waals surface area contributed by atoms with E-state index in [2.05, 4.69) is 0 Å². The van der Waals surface area contributed by atoms with Gasteiger partial charge in [0, 0.05) is 0 Å². The highest BCUT2D eigenvalue weighted by atomic mass is 19.1. The molecule has 1 rings (SSSR count). The maximum Gasteiger partial charge on any atom is 0.303 e. The predicted molar refractivity (Wildman–Crippen MR) is 53.3 cm³/mol. The van der Waals surface area contributed by atoms with E-state index < -0.39 is 17.5 Å². The van der Waals surface area contributed by atoms with Crippen molar-refractivity contribution in [2.24, 2.45) is 0 Å². The van der Waals surface area contributed by atoms with Crippen molar-refractivity contribution < 1.29 is 19.4 Å². The fourth-order valence-electron chi connectivity index (χ4n) is 1.49. The molecule has 1 unspecified atom stereocenters. The molecular formula is C11H13FO3. The summed E-state index contributed by atoms with van der Waals surface area (Å²) in [6.45, 7) is 1.86. The predicted octanol–water partition coefficient (Wildman–Crippen LogP) is 2.50. The average Bonchev–Trinajstić information content (AvgIpc) is 2.18. The molecule has 0 aliphatic carbocycles. The molecule has 0 spiro atoms. The zero-order chi connectivity index (χ0) is 11.4. The first-order valence-electron chi connectivity index (χ1n) is 4.74. The molecule has 0 radical (unpaired) electrons. The summed E-state index contributed by atoms with van der Waals surface area (Å²) in [5, 5.41) is 17.8. The lowest BCUT2D eigenvalue weighted by Crippen LogP contribution is -2.05. The van der Waals surface area contributed by atoms with E-state index in [9.17, 15) is 9.18 Å². The maximum absolute atomic E-state index is 12.8. The zero-order valence-corrected chi connectivity index (χ0v) is 8.40. The summed E-state index contributed by atoms with van der Waals surface area (Å²) in [6.07, 6.45) is 0.624. The molecule has 1 aromatic carbocycles. The van der Waals surface area contributed by atoms with Crippen molar-refractivity contribution in [2.75, 3.05) is 0 Å². The van der Waals surface area contributed by atoms with E-state index >= 15 is 0 Å². The Hall–Kier alpha value is -1.58. The van der Waals surface area contributed by atoms with Crippen LogP contribution < -0.4 is 0 Å². The van der Waals surface area contributed by atoms with Crippen molar-refractivity contribution in [3.63, 3.8) is 0 Å². The minimum absolute atomic E-state index is 0.0123. The zero-order valence-electron chi connectivity index (χ0n) is 8.40. The molecule has 3 nitrogen and oxygen atoms in total. The number of aliphatic carboxylic acids is 1. The fraction of sp³-hybridized carbons (Fsp3) is 0.364. The number of carboxylic acid groups (broad SMARTS) is 1. The molecule has 0 amide bonds. The molecule has 15 heavy (non-hydrogen) atoms. The van der Waals surface area contributed by atoms with Gasteiger partial charge in [0.1, 0.15) is 0 Å². The molecule has 0 bridgehead atoms. The summed E-state index contributed by atoms with van der Waals surface area (Å²) in [7, 11) is 0. The van der Waals surface area contributed by atoms with Crippen LogP contribution in [0.25, 0.3) is 0 Å². The Labute approximate surface area is 87.2 Å². The lowest BCUT2D eigenvalue weighted by molar-refractivity contribution is -0.137. The van der Waals surface area contributed by atoms with Gasteiger partial charge >= 0.3 is 5.97 Å². The number of hydrogen-bond acceptors (Lipinski definition) is 2. The molecule has 0 fully saturated rings. The number of rotatable bonds is 4.